The Kier molecular flexibility index (Phi) is 3.96. The number of nitrogen functional groups attached to an aromatic ring is 1. The fourth-order valence-electron chi connectivity index (χ4n) is 1.56. The summed E-state index contributed by atoms with van der Waals surface area (Å²) in [6, 6.07) is 9.50. The standard InChI is InChI=1S/C13H16N4O/c1-2-18-13-7-12(16-9-17-13)15-8-10-4-3-5-11(14)6-10/h3-7,9H,2,8,14H2,1H3,(H,15,16,17). The molecule has 0 radical (unpaired) electrons. The minimum Gasteiger partial charge on any atom is -0.478 e. The Hall–Kier alpha value is -2.30. The number of hydrogen-bond donors (Lipinski definition) is 2. The SMILES string of the molecule is CCOc1cc(NCc2cccc(N)c2)ncn1. The molecule has 0 aliphatic rings. The molecule has 0 saturated carbocycles. The van der Waals surface area contributed by atoms with Gasteiger partial charge in [-0.2, -0.15) is 0 Å². The molecule has 2 aromatic rings. The van der Waals surface area contributed by atoms with Gasteiger partial charge < -0.3 is 15.8 Å². The van der Waals surface area contributed by atoms with Crippen molar-refractivity contribution in [2.24, 2.45) is 0 Å². The number of anilines is 2. The molecule has 18 heavy (non-hydrogen) atoms. The molecule has 2 rings (SSSR count). The van der Waals surface area contributed by atoms with Crippen LogP contribution in [0, 0.1) is 0 Å². The van der Waals surface area contributed by atoms with E-state index in [0.29, 0.717) is 19.0 Å². The van der Waals surface area contributed by atoms with Crippen molar-refractivity contribution < 1.29 is 4.74 Å². The summed E-state index contributed by atoms with van der Waals surface area (Å²) in [7, 11) is 0. The van der Waals surface area contributed by atoms with Crippen LogP contribution in [0.25, 0.3) is 0 Å². The first-order valence-electron chi connectivity index (χ1n) is 5.81. The largest absolute Gasteiger partial charge is 0.478 e. The van der Waals surface area contributed by atoms with Crippen molar-refractivity contribution in [2.75, 3.05) is 17.7 Å². The van der Waals surface area contributed by atoms with Gasteiger partial charge in [0.1, 0.15) is 12.1 Å². The van der Waals surface area contributed by atoms with Gasteiger partial charge in [0.25, 0.3) is 0 Å². The number of rotatable bonds is 5. The third-order valence-electron chi connectivity index (χ3n) is 2.36. The van der Waals surface area contributed by atoms with Crippen molar-refractivity contribution in [2.45, 2.75) is 13.5 Å². The number of hydrogen-bond acceptors (Lipinski definition) is 5. The Labute approximate surface area is 106 Å². The molecule has 0 bridgehead atoms. The second-order valence-electron chi connectivity index (χ2n) is 3.77. The van der Waals surface area contributed by atoms with Crippen LogP contribution in [0.15, 0.2) is 36.7 Å². The van der Waals surface area contributed by atoms with Crippen LogP contribution in [0.5, 0.6) is 5.88 Å². The highest BCUT2D eigenvalue weighted by molar-refractivity contribution is 5.43. The van der Waals surface area contributed by atoms with Gasteiger partial charge in [-0.25, -0.2) is 9.97 Å². The molecule has 0 unspecified atom stereocenters. The van der Waals surface area contributed by atoms with Crippen LogP contribution in [-0.2, 0) is 6.54 Å². The van der Waals surface area contributed by atoms with Crippen molar-refractivity contribution in [1.82, 2.24) is 9.97 Å². The monoisotopic (exact) mass is 244 g/mol. The van der Waals surface area contributed by atoms with Gasteiger partial charge in [0, 0.05) is 18.3 Å². The zero-order chi connectivity index (χ0) is 12.8. The molecule has 0 atom stereocenters. The number of nitrogens with zero attached hydrogens (tertiary/aromatic N) is 2. The molecule has 5 heteroatoms. The second-order valence-corrected chi connectivity index (χ2v) is 3.77. The zero-order valence-corrected chi connectivity index (χ0v) is 10.3. The van der Waals surface area contributed by atoms with Crippen molar-refractivity contribution in [3.8, 4) is 5.88 Å². The molecule has 0 saturated heterocycles. The molecule has 5 nitrogen and oxygen atoms in total. The first kappa shape index (κ1) is 12.2. The first-order chi connectivity index (χ1) is 8.78. The number of aromatic nitrogens is 2. The summed E-state index contributed by atoms with van der Waals surface area (Å²) in [5.74, 6) is 1.30. The molecular weight excluding hydrogens is 228 g/mol. The third-order valence-corrected chi connectivity index (χ3v) is 2.36. The molecule has 0 amide bonds. The molecule has 94 valence electrons. The maximum atomic E-state index is 5.72. The Bertz CT molecular complexity index is 516. The van der Waals surface area contributed by atoms with Gasteiger partial charge in [0.15, 0.2) is 0 Å². The number of ether oxygens (including phenoxy) is 1. The van der Waals surface area contributed by atoms with Crippen molar-refractivity contribution in [3.05, 3.63) is 42.2 Å². The molecule has 1 heterocycles. The molecule has 1 aromatic carbocycles. The average molecular weight is 244 g/mol. The highest BCUT2D eigenvalue weighted by Gasteiger charge is 1.99. The molecular formula is C13H16N4O. The third kappa shape index (κ3) is 3.35. The smallest absolute Gasteiger partial charge is 0.218 e. The van der Waals surface area contributed by atoms with E-state index in [1.54, 1.807) is 6.07 Å². The Morgan fingerprint density at radius 3 is 2.94 bits per heavy atom. The molecule has 0 fully saturated rings. The maximum absolute atomic E-state index is 5.72. The summed E-state index contributed by atoms with van der Waals surface area (Å²) in [5, 5.41) is 3.20. The van der Waals surface area contributed by atoms with Crippen LogP contribution in [0.1, 0.15) is 12.5 Å². The van der Waals surface area contributed by atoms with Crippen LogP contribution in [0.4, 0.5) is 11.5 Å². The summed E-state index contributed by atoms with van der Waals surface area (Å²) in [6.45, 7) is 3.17. The Balaban J connectivity index is 1.99. The van der Waals surface area contributed by atoms with E-state index in [1.807, 2.05) is 31.2 Å². The van der Waals surface area contributed by atoms with E-state index in [4.69, 9.17) is 10.5 Å². The lowest BCUT2D eigenvalue weighted by molar-refractivity contribution is 0.326. The zero-order valence-electron chi connectivity index (χ0n) is 10.3. The van der Waals surface area contributed by atoms with E-state index in [9.17, 15) is 0 Å². The number of nitrogens with two attached hydrogens (primary N) is 1. The van der Waals surface area contributed by atoms with E-state index in [1.165, 1.54) is 6.33 Å². The topological polar surface area (TPSA) is 73.1 Å². The molecule has 0 spiro atoms. The summed E-state index contributed by atoms with van der Waals surface area (Å²) in [6.07, 6.45) is 1.48. The maximum Gasteiger partial charge on any atom is 0.218 e. The van der Waals surface area contributed by atoms with Gasteiger partial charge in [-0.1, -0.05) is 12.1 Å². The van der Waals surface area contributed by atoms with Gasteiger partial charge in [-0.15, -0.1) is 0 Å². The predicted molar refractivity (Wildman–Crippen MR) is 71.4 cm³/mol. The van der Waals surface area contributed by atoms with Crippen LogP contribution >= 0.6 is 0 Å². The van der Waals surface area contributed by atoms with E-state index in [0.717, 1.165) is 17.1 Å². The lowest BCUT2D eigenvalue weighted by Crippen LogP contribution is -2.03. The van der Waals surface area contributed by atoms with Gasteiger partial charge in [-0.05, 0) is 24.6 Å². The van der Waals surface area contributed by atoms with E-state index >= 15 is 0 Å². The van der Waals surface area contributed by atoms with Crippen LogP contribution < -0.4 is 15.8 Å². The normalized spacial score (nSPS) is 10.1. The summed E-state index contributed by atoms with van der Waals surface area (Å²) in [5.41, 5.74) is 7.58. The van der Waals surface area contributed by atoms with Crippen molar-refractivity contribution >= 4 is 11.5 Å². The molecule has 0 aliphatic heterocycles. The summed E-state index contributed by atoms with van der Waals surface area (Å²) < 4.78 is 5.31. The van der Waals surface area contributed by atoms with E-state index in [2.05, 4.69) is 15.3 Å². The molecule has 0 aliphatic carbocycles. The van der Waals surface area contributed by atoms with Crippen LogP contribution in [-0.4, -0.2) is 16.6 Å². The lowest BCUT2D eigenvalue weighted by atomic mass is 10.2. The highest BCUT2D eigenvalue weighted by Crippen LogP contribution is 2.13. The fraction of sp³-hybridized carbons (Fsp3) is 0.231. The van der Waals surface area contributed by atoms with E-state index in [-0.39, 0.29) is 0 Å². The van der Waals surface area contributed by atoms with Gasteiger partial charge in [0.2, 0.25) is 5.88 Å². The molecule has 3 N–H and O–H groups in total. The van der Waals surface area contributed by atoms with E-state index < -0.39 is 0 Å². The highest BCUT2D eigenvalue weighted by atomic mass is 16.5. The first-order valence-corrected chi connectivity index (χ1v) is 5.81. The van der Waals surface area contributed by atoms with Crippen molar-refractivity contribution in [1.29, 1.82) is 0 Å². The minimum atomic E-state index is 0.572. The predicted octanol–water partition coefficient (Wildman–Crippen LogP) is 2.07. The summed E-state index contributed by atoms with van der Waals surface area (Å²) >= 11 is 0. The lowest BCUT2D eigenvalue weighted by Gasteiger charge is -2.07. The van der Waals surface area contributed by atoms with Crippen molar-refractivity contribution in [3.63, 3.8) is 0 Å². The Morgan fingerprint density at radius 1 is 1.28 bits per heavy atom. The minimum absolute atomic E-state index is 0.572. The fourth-order valence-corrected chi connectivity index (χ4v) is 1.56. The van der Waals surface area contributed by atoms with Crippen LogP contribution in [0.3, 0.4) is 0 Å². The Morgan fingerprint density at radius 2 is 2.17 bits per heavy atom. The number of benzene rings is 1. The van der Waals surface area contributed by atoms with Gasteiger partial charge in [-0.3, -0.25) is 0 Å². The molecule has 1 aromatic heterocycles. The van der Waals surface area contributed by atoms with Crippen LogP contribution in [0.2, 0.25) is 0 Å². The number of nitrogens with one attached hydrogen (secondary N) is 1. The second kappa shape index (κ2) is 5.86. The van der Waals surface area contributed by atoms with Gasteiger partial charge >= 0.3 is 0 Å². The summed E-state index contributed by atoms with van der Waals surface area (Å²) in [4.78, 5) is 8.13. The quantitative estimate of drug-likeness (QED) is 0.788. The van der Waals surface area contributed by atoms with Gasteiger partial charge in [0.05, 0.1) is 6.61 Å². The average Bonchev–Trinajstić information content (AvgIpc) is 2.37.